The van der Waals surface area contributed by atoms with Gasteiger partial charge in [0.25, 0.3) is 5.56 Å². The lowest BCUT2D eigenvalue weighted by Gasteiger charge is -2.16. The molecule has 0 unspecified atom stereocenters. The van der Waals surface area contributed by atoms with Crippen molar-refractivity contribution in [3.05, 3.63) is 94.8 Å². The fourth-order valence-corrected chi connectivity index (χ4v) is 4.70. The van der Waals surface area contributed by atoms with Crippen LogP contribution in [0.1, 0.15) is 22.5 Å². The van der Waals surface area contributed by atoms with Gasteiger partial charge >= 0.3 is 0 Å². The van der Waals surface area contributed by atoms with Crippen molar-refractivity contribution in [1.82, 2.24) is 9.66 Å². The summed E-state index contributed by atoms with van der Waals surface area (Å²) in [7, 11) is 1.53. The zero-order valence-electron chi connectivity index (χ0n) is 18.6. The van der Waals surface area contributed by atoms with E-state index in [4.69, 9.17) is 9.47 Å². The van der Waals surface area contributed by atoms with Crippen molar-refractivity contribution in [2.75, 3.05) is 7.11 Å². The van der Waals surface area contributed by atoms with Crippen molar-refractivity contribution >= 4 is 64.9 Å². The first-order chi connectivity index (χ1) is 16.8. The summed E-state index contributed by atoms with van der Waals surface area (Å²) < 4.78 is 14.9. The van der Waals surface area contributed by atoms with E-state index in [0.717, 1.165) is 10.0 Å². The first kappa shape index (κ1) is 25.1. The average molecular weight is 661 g/mol. The van der Waals surface area contributed by atoms with E-state index in [0.29, 0.717) is 48.3 Å². The minimum Gasteiger partial charge on any atom is -0.493 e. The minimum atomic E-state index is -0.275. The molecule has 7 nitrogen and oxygen atoms in total. The summed E-state index contributed by atoms with van der Waals surface area (Å²) in [5.41, 5.74) is 2.29. The van der Waals surface area contributed by atoms with Gasteiger partial charge < -0.3 is 9.47 Å². The topological polar surface area (TPSA) is 89.5 Å². The van der Waals surface area contributed by atoms with Gasteiger partial charge in [0.1, 0.15) is 12.4 Å². The van der Waals surface area contributed by atoms with Crippen LogP contribution in [0.25, 0.3) is 10.9 Å². The second-order valence-corrected chi connectivity index (χ2v) is 9.87. The van der Waals surface area contributed by atoms with Gasteiger partial charge in [0.2, 0.25) is 0 Å². The Morgan fingerprint density at radius 2 is 1.91 bits per heavy atom. The number of nitrogens with zero attached hydrogens (tertiary/aromatic N) is 4. The maximum atomic E-state index is 13.0. The Balaban J connectivity index is 1.70. The number of aryl methyl sites for hydroxylation is 1. The fraction of sp³-hybridized carbons (Fsp3) is 0.120. The number of rotatable bonds is 6. The Kier molecular flexibility index (Phi) is 7.69. The van der Waals surface area contributed by atoms with Crippen LogP contribution in [0.4, 0.5) is 0 Å². The van der Waals surface area contributed by atoms with E-state index in [1.165, 1.54) is 11.8 Å². The first-order valence-corrected chi connectivity index (χ1v) is 12.6. The molecular weight excluding hydrogens is 644 g/mol. The largest absolute Gasteiger partial charge is 0.493 e. The predicted molar refractivity (Wildman–Crippen MR) is 145 cm³/mol. The highest BCUT2D eigenvalue weighted by atomic mass is 79.9. The van der Waals surface area contributed by atoms with Crippen LogP contribution in [0, 0.1) is 18.3 Å². The summed E-state index contributed by atoms with van der Waals surface area (Å²) in [6, 6.07) is 16.5. The van der Waals surface area contributed by atoms with Gasteiger partial charge in [-0.05, 0) is 69.1 Å². The van der Waals surface area contributed by atoms with Crippen LogP contribution in [0.3, 0.4) is 0 Å². The lowest BCUT2D eigenvalue weighted by molar-refractivity contribution is 0.282. The Labute approximate surface area is 226 Å². The highest BCUT2D eigenvalue weighted by Gasteiger charge is 2.17. The number of hydrogen-bond acceptors (Lipinski definition) is 6. The Morgan fingerprint density at radius 1 is 1.14 bits per heavy atom. The van der Waals surface area contributed by atoms with Crippen LogP contribution in [-0.4, -0.2) is 23.0 Å². The minimum absolute atomic E-state index is 0.186. The van der Waals surface area contributed by atoms with E-state index in [2.05, 4.69) is 63.9 Å². The lowest BCUT2D eigenvalue weighted by atomic mass is 10.1. The van der Waals surface area contributed by atoms with Crippen LogP contribution < -0.4 is 15.0 Å². The molecule has 0 N–H and O–H groups in total. The van der Waals surface area contributed by atoms with Crippen LogP contribution >= 0.6 is 47.8 Å². The molecular formula is C25H17Br3N4O3. The number of benzene rings is 3. The molecule has 0 saturated heterocycles. The monoisotopic (exact) mass is 658 g/mol. The van der Waals surface area contributed by atoms with E-state index in [1.807, 2.05) is 18.2 Å². The van der Waals surface area contributed by atoms with E-state index in [1.54, 1.807) is 43.5 Å². The zero-order valence-corrected chi connectivity index (χ0v) is 23.3. The summed E-state index contributed by atoms with van der Waals surface area (Å²) in [6.07, 6.45) is 1.55. The number of methoxy groups -OCH3 is 1. The molecule has 176 valence electrons. The third-order valence-corrected chi connectivity index (χ3v) is 7.80. The van der Waals surface area contributed by atoms with Crippen LogP contribution in [0.5, 0.6) is 11.5 Å². The summed E-state index contributed by atoms with van der Waals surface area (Å²) >= 11 is 10.5. The maximum Gasteiger partial charge on any atom is 0.282 e. The molecule has 1 aromatic heterocycles. The molecule has 0 amide bonds. The molecule has 3 aromatic carbocycles. The summed E-state index contributed by atoms with van der Waals surface area (Å²) in [5, 5.41) is 14.2. The summed E-state index contributed by atoms with van der Waals surface area (Å²) in [5.74, 6) is 1.38. The predicted octanol–water partition coefficient (Wildman–Crippen LogP) is 6.33. The summed E-state index contributed by atoms with van der Waals surface area (Å²) in [4.78, 5) is 17.5. The maximum absolute atomic E-state index is 13.0. The van der Waals surface area contributed by atoms with Crippen molar-refractivity contribution in [3.8, 4) is 17.6 Å². The molecule has 0 aliphatic rings. The van der Waals surface area contributed by atoms with Crippen LogP contribution in [0.15, 0.2) is 71.8 Å². The van der Waals surface area contributed by atoms with Gasteiger partial charge in [-0.2, -0.15) is 15.0 Å². The molecule has 1 heterocycles. The highest BCUT2D eigenvalue weighted by Crippen LogP contribution is 2.42. The SMILES string of the molecule is COc1cc(C=Nn2c(C)nc3ccc(Br)cc3c2=O)c(Br)c(Br)c1OCc1ccccc1C#N. The smallest absolute Gasteiger partial charge is 0.282 e. The van der Waals surface area contributed by atoms with E-state index in [-0.39, 0.29) is 12.2 Å². The third-order valence-electron chi connectivity index (χ3n) is 5.17. The first-order valence-electron chi connectivity index (χ1n) is 10.2. The Bertz CT molecular complexity index is 1580. The molecule has 10 heteroatoms. The number of ether oxygens (including phenoxy) is 2. The van der Waals surface area contributed by atoms with Gasteiger partial charge in [-0.25, -0.2) is 4.98 Å². The van der Waals surface area contributed by atoms with E-state index >= 15 is 0 Å². The second kappa shape index (κ2) is 10.7. The van der Waals surface area contributed by atoms with Crippen molar-refractivity contribution in [3.63, 3.8) is 0 Å². The zero-order chi connectivity index (χ0) is 25.1. The number of hydrogen-bond donors (Lipinski definition) is 0. The lowest BCUT2D eigenvalue weighted by Crippen LogP contribution is -2.20. The third kappa shape index (κ3) is 5.17. The van der Waals surface area contributed by atoms with Crippen molar-refractivity contribution in [2.24, 2.45) is 5.10 Å². The molecule has 35 heavy (non-hydrogen) atoms. The van der Waals surface area contributed by atoms with Crippen molar-refractivity contribution in [2.45, 2.75) is 13.5 Å². The Morgan fingerprint density at radius 3 is 2.66 bits per heavy atom. The Hall–Kier alpha value is -3.00. The number of aromatic nitrogens is 2. The molecule has 0 spiro atoms. The van der Waals surface area contributed by atoms with Gasteiger partial charge in [-0.15, -0.1) is 0 Å². The molecule has 0 saturated carbocycles. The van der Waals surface area contributed by atoms with E-state index < -0.39 is 0 Å². The normalized spacial score (nSPS) is 11.1. The number of fused-ring (bicyclic) bond motifs is 1. The molecule has 4 aromatic rings. The van der Waals surface area contributed by atoms with Crippen molar-refractivity contribution < 1.29 is 9.47 Å². The number of nitriles is 1. The fourth-order valence-electron chi connectivity index (χ4n) is 3.41. The van der Waals surface area contributed by atoms with E-state index in [9.17, 15) is 10.1 Å². The van der Waals surface area contributed by atoms with Crippen molar-refractivity contribution in [1.29, 1.82) is 5.26 Å². The van der Waals surface area contributed by atoms with Gasteiger partial charge in [-0.3, -0.25) is 4.79 Å². The van der Waals surface area contributed by atoms with Gasteiger partial charge in [0.05, 0.1) is 40.3 Å². The molecule has 0 radical (unpaired) electrons. The molecule has 0 fully saturated rings. The van der Waals surface area contributed by atoms with Crippen LogP contribution in [-0.2, 0) is 6.61 Å². The molecule has 0 aliphatic carbocycles. The molecule has 0 aliphatic heterocycles. The van der Waals surface area contributed by atoms with Gasteiger partial charge in [0.15, 0.2) is 11.5 Å². The summed E-state index contributed by atoms with van der Waals surface area (Å²) in [6.45, 7) is 1.91. The standard InChI is InChI=1S/C25H17Br3N4O3/c1-14-31-20-8-7-18(26)10-19(20)25(33)32(14)30-12-17-9-21(34-2)24(23(28)22(17)27)35-13-16-6-4-3-5-15(16)11-29/h3-10,12H,13H2,1-2H3. The molecule has 0 atom stereocenters. The van der Waals surface area contributed by atoms with Gasteiger partial charge in [0, 0.05) is 20.1 Å². The average Bonchev–Trinajstić information content (AvgIpc) is 2.86. The molecule has 4 rings (SSSR count). The quantitative estimate of drug-likeness (QED) is 0.226. The molecule has 0 bridgehead atoms. The van der Waals surface area contributed by atoms with Gasteiger partial charge in [-0.1, -0.05) is 34.1 Å². The highest BCUT2D eigenvalue weighted by molar-refractivity contribution is 9.13. The van der Waals surface area contributed by atoms with Crippen LogP contribution in [0.2, 0.25) is 0 Å². The number of halogens is 3. The second-order valence-electron chi connectivity index (χ2n) is 7.36.